The van der Waals surface area contributed by atoms with Crippen LogP contribution in [0.25, 0.3) is 0 Å². The van der Waals surface area contributed by atoms with Gasteiger partial charge in [0.1, 0.15) is 0 Å². The Balaban J connectivity index is 1.76. The molecule has 2 saturated carbocycles. The molecular formula is C22H34F6O6. The zero-order valence-electron chi connectivity index (χ0n) is 19.7. The number of aliphatic hydroxyl groups excluding tert-OH is 3. The molecule has 1 aliphatic heterocycles. The predicted octanol–water partition coefficient (Wildman–Crippen LogP) is 3.97. The fourth-order valence-electron chi connectivity index (χ4n) is 5.98. The van der Waals surface area contributed by atoms with E-state index in [1.165, 1.54) is 0 Å². The van der Waals surface area contributed by atoms with E-state index < -0.39 is 66.8 Å². The molecule has 12 heteroatoms. The fraction of sp³-hybridized carbons (Fsp3) is 1.00. The van der Waals surface area contributed by atoms with Crippen molar-refractivity contribution in [2.24, 2.45) is 34.5 Å². The molecule has 3 fully saturated rings. The van der Waals surface area contributed by atoms with Crippen LogP contribution >= 0.6 is 0 Å². The first-order valence-electron chi connectivity index (χ1n) is 11.4. The summed E-state index contributed by atoms with van der Waals surface area (Å²) in [7, 11) is 0. The molecule has 3 rings (SSSR count). The van der Waals surface area contributed by atoms with Crippen molar-refractivity contribution < 1.29 is 55.9 Å². The SMILES string of the molecule is CC(C)C(CC(C)(C)C)C(O)OC1C2CC3C1OC(O)C3(C(O)OC(C(F)(F)F)C(F)(F)F)C2. The van der Waals surface area contributed by atoms with Gasteiger partial charge in [-0.15, -0.1) is 0 Å². The lowest BCUT2D eigenvalue weighted by Crippen LogP contribution is -2.54. The third kappa shape index (κ3) is 5.08. The molecule has 3 aliphatic rings. The normalized spacial score (nSPS) is 36.5. The lowest BCUT2D eigenvalue weighted by atomic mass is 9.72. The molecule has 9 unspecified atom stereocenters. The van der Waals surface area contributed by atoms with Gasteiger partial charge in [-0.25, -0.2) is 0 Å². The van der Waals surface area contributed by atoms with Crippen molar-refractivity contribution in [3.05, 3.63) is 0 Å². The van der Waals surface area contributed by atoms with E-state index in [2.05, 4.69) is 4.74 Å². The highest BCUT2D eigenvalue weighted by Gasteiger charge is 2.74. The van der Waals surface area contributed by atoms with Crippen molar-refractivity contribution in [3.8, 4) is 0 Å². The third-order valence-electron chi connectivity index (χ3n) is 7.48. The molecule has 0 amide bonds. The quantitative estimate of drug-likeness (QED) is 0.340. The first-order valence-corrected chi connectivity index (χ1v) is 11.4. The van der Waals surface area contributed by atoms with E-state index in [1.807, 2.05) is 34.6 Å². The van der Waals surface area contributed by atoms with Crippen LogP contribution in [0, 0.1) is 34.5 Å². The molecule has 1 saturated heterocycles. The number of hydrogen-bond donors (Lipinski definition) is 3. The van der Waals surface area contributed by atoms with Gasteiger partial charge in [0.05, 0.1) is 17.6 Å². The van der Waals surface area contributed by atoms with Gasteiger partial charge >= 0.3 is 12.4 Å². The van der Waals surface area contributed by atoms with E-state index in [1.54, 1.807) is 0 Å². The van der Waals surface area contributed by atoms with Crippen molar-refractivity contribution in [1.82, 2.24) is 0 Å². The van der Waals surface area contributed by atoms with E-state index in [-0.39, 0.29) is 30.1 Å². The van der Waals surface area contributed by atoms with Crippen LogP contribution in [0.15, 0.2) is 0 Å². The van der Waals surface area contributed by atoms with Crippen molar-refractivity contribution in [3.63, 3.8) is 0 Å². The van der Waals surface area contributed by atoms with Gasteiger partial charge in [0.25, 0.3) is 6.10 Å². The molecule has 0 aromatic rings. The number of alkyl halides is 6. The molecule has 34 heavy (non-hydrogen) atoms. The molecule has 2 bridgehead atoms. The minimum atomic E-state index is -5.80. The second-order valence-electron chi connectivity index (χ2n) is 11.5. The summed E-state index contributed by atoms with van der Waals surface area (Å²) in [6.07, 6.45) is -22.3. The highest BCUT2D eigenvalue weighted by atomic mass is 19.4. The van der Waals surface area contributed by atoms with Crippen LogP contribution in [0.2, 0.25) is 0 Å². The number of aliphatic hydroxyl groups is 3. The molecule has 6 nitrogen and oxygen atoms in total. The van der Waals surface area contributed by atoms with Gasteiger partial charge in [-0.2, -0.15) is 26.3 Å². The van der Waals surface area contributed by atoms with Gasteiger partial charge in [0.15, 0.2) is 18.9 Å². The second-order valence-corrected chi connectivity index (χ2v) is 11.5. The Morgan fingerprint density at radius 1 is 1.03 bits per heavy atom. The molecule has 3 N–H and O–H groups in total. The summed E-state index contributed by atoms with van der Waals surface area (Å²) < 4.78 is 93.3. The lowest BCUT2D eigenvalue weighted by Gasteiger charge is -2.41. The van der Waals surface area contributed by atoms with E-state index >= 15 is 0 Å². The summed E-state index contributed by atoms with van der Waals surface area (Å²) in [4.78, 5) is 0. The number of rotatable bonds is 8. The predicted molar refractivity (Wildman–Crippen MR) is 106 cm³/mol. The Labute approximate surface area is 194 Å². The molecule has 0 spiro atoms. The lowest BCUT2D eigenvalue weighted by molar-refractivity contribution is -0.369. The molecule has 1 heterocycles. The topological polar surface area (TPSA) is 88.4 Å². The number of ether oxygens (including phenoxy) is 3. The van der Waals surface area contributed by atoms with Crippen molar-refractivity contribution in [1.29, 1.82) is 0 Å². The fourth-order valence-corrected chi connectivity index (χ4v) is 5.98. The van der Waals surface area contributed by atoms with Crippen LogP contribution in [-0.2, 0) is 14.2 Å². The van der Waals surface area contributed by atoms with E-state index in [0.717, 1.165) is 0 Å². The number of hydrogen-bond acceptors (Lipinski definition) is 6. The van der Waals surface area contributed by atoms with Crippen LogP contribution in [-0.4, -0.2) is 64.9 Å². The summed E-state index contributed by atoms with van der Waals surface area (Å²) in [5.74, 6) is -1.40. The van der Waals surface area contributed by atoms with Crippen molar-refractivity contribution in [2.45, 2.75) is 103 Å². The first kappa shape index (κ1) is 27.9. The Kier molecular flexibility index (Phi) is 7.41. The largest absolute Gasteiger partial charge is 0.423 e. The van der Waals surface area contributed by atoms with Gasteiger partial charge in [-0.1, -0.05) is 34.6 Å². The maximum absolute atomic E-state index is 13.0. The minimum Gasteiger partial charge on any atom is -0.368 e. The molecule has 0 aromatic carbocycles. The summed E-state index contributed by atoms with van der Waals surface area (Å²) in [5, 5.41) is 31.7. The summed E-state index contributed by atoms with van der Waals surface area (Å²) in [5.41, 5.74) is -1.95. The maximum atomic E-state index is 13.0. The van der Waals surface area contributed by atoms with Crippen LogP contribution in [0.5, 0.6) is 0 Å². The highest BCUT2D eigenvalue weighted by Crippen LogP contribution is 2.66. The maximum Gasteiger partial charge on any atom is 0.423 e. The van der Waals surface area contributed by atoms with Crippen LogP contribution < -0.4 is 0 Å². The molecule has 0 radical (unpaired) electrons. The van der Waals surface area contributed by atoms with Crippen molar-refractivity contribution in [2.75, 3.05) is 0 Å². The zero-order valence-corrected chi connectivity index (χ0v) is 19.7. The number of halogens is 6. The average Bonchev–Trinajstić information content (AvgIpc) is 3.23. The highest BCUT2D eigenvalue weighted by molar-refractivity contribution is 5.16. The average molecular weight is 508 g/mol. The molecule has 200 valence electrons. The van der Waals surface area contributed by atoms with Gasteiger partial charge in [-0.05, 0) is 36.5 Å². The summed E-state index contributed by atoms with van der Waals surface area (Å²) in [6.45, 7) is 9.95. The molecule has 2 aliphatic carbocycles. The molecular weight excluding hydrogens is 474 g/mol. The Morgan fingerprint density at radius 2 is 1.59 bits per heavy atom. The summed E-state index contributed by atoms with van der Waals surface area (Å²) >= 11 is 0. The van der Waals surface area contributed by atoms with E-state index in [9.17, 15) is 41.7 Å². The monoisotopic (exact) mass is 508 g/mol. The van der Waals surface area contributed by atoms with Gasteiger partial charge < -0.3 is 29.5 Å². The van der Waals surface area contributed by atoms with Gasteiger partial charge in [-0.3, -0.25) is 0 Å². The second kappa shape index (κ2) is 9.02. The summed E-state index contributed by atoms with van der Waals surface area (Å²) in [6, 6.07) is 0. The zero-order chi connectivity index (χ0) is 26.0. The Morgan fingerprint density at radius 3 is 2.06 bits per heavy atom. The first-order chi connectivity index (χ1) is 15.3. The Hall–Kier alpha value is -0.660. The standard InChI is InChI=1S/C22H34F6O6/c1-9(2)11(8-19(3,4)5)15(29)32-13-10-6-12-14(13)33-17(30)20(12,7-10)18(31)34-16(21(23,24)25)22(26,27)28/h9-18,29-31H,6-8H2,1-5H3. The van der Waals surface area contributed by atoms with Crippen LogP contribution in [0.1, 0.15) is 53.9 Å². The van der Waals surface area contributed by atoms with Crippen LogP contribution in [0.3, 0.4) is 0 Å². The van der Waals surface area contributed by atoms with E-state index in [4.69, 9.17) is 9.47 Å². The Bertz CT molecular complexity index is 708. The van der Waals surface area contributed by atoms with E-state index in [0.29, 0.717) is 6.42 Å². The van der Waals surface area contributed by atoms with Gasteiger partial charge in [0, 0.05) is 11.8 Å². The van der Waals surface area contributed by atoms with Crippen molar-refractivity contribution >= 4 is 0 Å². The van der Waals surface area contributed by atoms with Gasteiger partial charge in [0.2, 0.25) is 0 Å². The third-order valence-corrected chi connectivity index (χ3v) is 7.48. The molecule has 0 aromatic heterocycles. The smallest absolute Gasteiger partial charge is 0.368 e. The molecule has 9 atom stereocenters. The van der Waals surface area contributed by atoms with Crippen LogP contribution in [0.4, 0.5) is 26.3 Å². The minimum absolute atomic E-state index is 0.0684. The number of fused-ring (bicyclic) bond motifs is 1.